The van der Waals surface area contributed by atoms with E-state index < -0.39 is 47.8 Å². The van der Waals surface area contributed by atoms with Gasteiger partial charge < -0.3 is 23.7 Å². The fourth-order valence-electron chi connectivity index (χ4n) is 4.38. The van der Waals surface area contributed by atoms with Crippen molar-refractivity contribution in [2.24, 2.45) is 0 Å². The van der Waals surface area contributed by atoms with E-state index in [-0.39, 0.29) is 18.5 Å². The minimum absolute atomic E-state index is 0.0524. The topological polar surface area (TPSA) is 97.4 Å². The van der Waals surface area contributed by atoms with Gasteiger partial charge >= 0.3 is 17.9 Å². The van der Waals surface area contributed by atoms with Crippen molar-refractivity contribution < 1.29 is 38.1 Å². The van der Waals surface area contributed by atoms with Crippen molar-refractivity contribution in [3.05, 3.63) is 120 Å². The number of ether oxygens (including phenoxy) is 5. The number of thioether (sulfide) groups is 1. The minimum Gasteiger partial charge on any atom is -0.459 e. The molecule has 8 nitrogen and oxygen atoms in total. The highest BCUT2D eigenvalue weighted by atomic mass is 32.2. The second kappa shape index (κ2) is 15.3. The van der Waals surface area contributed by atoms with E-state index in [2.05, 4.69) is 6.58 Å². The lowest BCUT2D eigenvalue weighted by Crippen LogP contribution is -2.61. The summed E-state index contributed by atoms with van der Waals surface area (Å²) >= 11 is 1.40. The molecule has 5 atom stereocenters. The summed E-state index contributed by atoms with van der Waals surface area (Å²) in [6.07, 6.45) is -2.42. The predicted octanol–water partition coefficient (Wildman–Crippen LogP) is 5.73. The normalized spacial score (nSPS) is 21.7. The first-order chi connectivity index (χ1) is 20.4. The lowest BCUT2D eigenvalue weighted by molar-refractivity contribution is -0.218. The van der Waals surface area contributed by atoms with Gasteiger partial charge in [-0.15, -0.1) is 18.3 Å². The lowest BCUT2D eigenvalue weighted by Gasteiger charge is -2.45. The van der Waals surface area contributed by atoms with E-state index >= 15 is 0 Å². The molecule has 0 amide bonds. The van der Waals surface area contributed by atoms with Crippen LogP contribution in [0.4, 0.5) is 0 Å². The summed E-state index contributed by atoms with van der Waals surface area (Å²) in [4.78, 5) is 39.4. The highest BCUT2D eigenvalue weighted by Crippen LogP contribution is 2.36. The van der Waals surface area contributed by atoms with E-state index in [1.807, 2.05) is 13.8 Å². The Kier molecular flexibility index (Phi) is 11.3. The quantitative estimate of drug-likeness (QED) is 0.149. The van der Waals surface area contributed by atoms with E-state index in [9.17, 15) is 14.4 Å². The molecular weight excluding hydrogens is 556 g/mol. The third-order valence-electron chi connectivity index (χ3n) is 6.30. The fraction of sp³-hybridized carbons (Fsp3) is 0.303. The maximum Gasteiger partial charge on any atom is 0.338 e. The number of hydrogen-bond acceptors (Lipinski definition) is 9. The molecule has 3 aromatic rings. The number of rotatable bonds is 12. The molecule has 0 spiro atoms. The smallest absolute Gasteiger partial charge is 0.338 e. The molecular formula is C33H34O8S. The standard InChI is InChI=1S/C33H34O8S/c1-4-20-37-27-26(21-38-30(34)23-14-8-5-9-15-23)39-33(42-22(2)3)29(41-32(36)25-18-12-7-13-19-25)28(27)40-31(35)24-16-10-6-11-17-24/h4-19,22,26-29,33H,1,20-21H2,2-3H3/t26-,27+,28+,29-,33+/m1/s1. The first-order valence-corrected chi connectivity index (χ1v) is 14.6. The van der Waals surface area contributed by atoms with Crippen LogP contribution in [0.15, 0.2) is 104 Å². The molecule has 1 aliphatic heterocycles. The molecule has 9 heteroatoms. The van der Waals surface area contributed by atoms with Crippen LogP contribution in [0.2, 0.25) is 0 Å². The fourth-order valence-corrected chi connectivity index (χ4v) is 5.49. The number of esters is 3. The molecule has 0 N–H and O–H groups in total. The molecule has 1 aliphatic rings. The van der Waals surface area contributed by atoms with Gasteiger partial charge in [0.15, 0.2) is 12.2 Å². The number of benzene rings is 3. The Morgan fingerprint density at radius 3 is 1.71 bits per heavy atom. The van der Waals surface area contributed by atoms with Crippen LogP contribution in [0.5, 0.6) is 0 Å². The Morgan fingerprint density at radius 2 is 1.24 bits per heavy atom. The van der Waals surface area contributed by atoms with Crippen LogP contribution in [0.25, 0.3) is 0 Å². The van der Waals surface area contributed by atoms with Gasteiger partial charge in [-0.1, -0.05) is 74.5 Å². The lowest BCUT2D eigenvalue weighted by atomic mass is 9.99. The van der Waals surface area contributed by atoms with Crippen molar-refractivity contribution in [1.29, 1.82) is 0 Å². The van der Waals surface area contributed by atoms with E-state index in [4.69, 9.17) is 23.7 Å². The molecule has 220 valence electrons. The molecule has 0 unspecified atom stereocenters. The summed E-state index contributed by atoms with van der Waals surface area (Å²) in [5, 5.41) is 0.0524. The highest BCUT2D eigenvalue weighted by molar-refractivity contribution is 8.00. The molecule has 42 heavy (non-hydrogen) atoms. The van der Waals surface area contributed by atoms with E-state index in [1.165, 1.54) is 11.8 Å². The highest BCUT2D eigenvalue weighted by Gasteiger charge is 2.52. The van der Waals surface area contributed by atoms with Gasteiger partial charge in [0.25, 0.3) is 0 Å². The molecule has 0 aromatic heterocycles. The van der Waals surface area contributed by atoms with Gasteiger partial charge in [-0.05, 0) is 36.4 Å². The Morgan fingerprint density at radius 1 is 0.762 bits per heavy atom. The van der Waals surface area contributed by atoms with Gasteiger partial charge in [0.05, 0.1) is 23.3 Å². The van der Waals surface area contributed by atoms with Crippen LogP contribution in [0.1, 0.15) is 44.9 Å². The maximum absolute atomic E-state index is 13.3. The van der Waals surface area contributed by atoms with Gasteiger partial charge in [0.2, 0.25) is 0 Å². The van der Waals surface area contributed by atoms with Crippen molar-refractivity contribution in [2.75, 3.05) is 13.2 Å². The van der Waals surface area contributed by atoms with Crippen LogP contribution >= 0.6 is 11.8 Å². The SMILES string of the molecule is C=CCO[C@@H]1[C@H](OC(=O)c2ccccc2)[C@@H](OC(=O)c2ccccc2)[C@H](SC(C)C)O[C@@H]1COC(=O)c1ccccc1. The van der Waals surface area contributed by atoms with Crippen LogP contribution in [0.3, 0.4) is 0 Å². The number of carbonyl (C=O) groups excluding carboxylic acids is 3. The van der Waals surface area contributed by atoms with Crippen LogP contribution in [0, 0.1) is 0 Å². The monoisotopic (exact) mass is 590 g/mol. The van der Waals surface area contributed by atoms with E-state index in [1.54, 1.807) is 97.1 Å². The van der Waals surface area contributed by atoms with Gasteiger partial charge in [0, 0.05) is 5.25 Å². The molecule has 3 aromatic carbocycles. The molecule has 0 saturated carbocycles. The average Bonchev–Trinajstić information content (AvgIpc) is 3.01. The first kappa shape index (κ1) is 31.0. The second-order valence-corrected chi connectivity index (χ2v) is 11.4. The van der Waals surface area contributed by atoms with E-state index in [0.717, 1.165) is 0 Å². The Hall–Kier alpha value is -3.92. The van der Waals surface area contributed by atoms with Crippen molar-refractivity contribution in [3.63, 3.8) is 0 Å². The predicted molar refractivity (Wildman–Crippen MR) is 159 cm³/mol. The molecule has 4 rings (SSSR count). The molecule has 1 fully saturated rings. The third kappa shape index (κ3) is 8.31. The third-order valence-corrected chi connectivity index (χ3v) is 7.49. The van der Waals surface area contributed by atoms with Crippen molar-refractivity contribution in [1.82, 2.24) is 0 Å². The maximum atomic E-state index is 13.3. The summed E-state index contributed by atoms with van der Waals surface area (Å²) in [6.45, 7) is 7.56. The van der Waals surface area contributed by atoms with Gasteiger partial charge in [-0.2, -0.15) is 0 Å². The summed E-state index contributed by atoms with van der Waals surface area (Å²) in [7, 11) is 0. The second-order valence-electron chi connectivity index (χ2n) is 9.75. The average molecular weight is 591 g/mol. The number of hydrogen-bond donors (Lipinski definition) is 0. The first-order valence-electron chi connectivity index (χ1n) is 13.6. The van der Waals surface area contributed by atoms with Gasteiger partial charge in [-0.3, -0.25) is 0 Å². The molecule has 1 heterocycles. The van der Waals surface area contributed by atoms with Crippen LogP contribution in [-0.2, 0) is 23.7 Å². The summed E-state index contributed by atoms with van der Waals surface area (Å²) < 4.78 is 30.2. The van der Waals surface area contributed by atoms with Crippen LogP contribution in [-0.4, -0.2) is 66.2 Å². The number of carbonyl (C=O) groups is 3. The zero-order chi connectivity index (χ0) is 29.9. The molecule has 0 radical (unpaired) electrons. The summed E-state index contributed by atoms with van der Waals surface area (Å²) in [5.74, 6) is -1.76. The summed E-state index contributed by atoms with van der Waals surface area (Å²) in [5.41, 5.74) is 0.267. The Bertz CT molecular complexity index is 1320. The molecule has 0 bridgehead atoms. The van der Waals surface area contributed by atoms with Gasteiger partial charge in [-0.25, -0.2) is 14.4 Å². The van der Waals surface area contributed by atoms with Crippen molar-refractivity contribution >= 4 is 29.7 Å². The minimum atomic E-state index is -1.10. The zero-order valence-corrected chi connectivity index (χ0v) is 24.3. The molecule has 0 aliphatic carbocycles. The Labute approximate surface area is 249 Å². The Balaban J connectivity index is 1.68. The van der Waals surface area contributed by atoms with Crippen molar-refractivity contribution in [2.45, 2.75) is 48.9 Å². The largest absolute Gasteiger partial charge is 0.459 e. The van der Waals surface area contributed by atoms with Crippen molar-refractivity contribution in [3.8, 4) is 0 Å². The van der Waals surface area contributed by atoms with Crippen LogP contribution < -0.4 is 0 Å². The summed E-state index contributed by atoms with van der Waals surface area (Å²) in [6, 6.07) is 25.6. The van der Waals surface area contributed by atoms with E-state index in [0.29, 0.717) is 16.7 Å². The molecule has 1 saturated heterocycles. The zero-order valence-electron chi connectivity index (χ0n) is 23.5. The van der Waals surface area contributed by atoms with Gasteiger partial charge in [0.1, 0.15) is 24.3 Å².